The van der Waals surface area contributed by atoms with Crippen LogP contribution in [0.5, 0.6) is 0 Å². The number of likely N-dealkylation sites (tertiary alicyclic amines) is 1. The Morgan fingerprint density at radius 1 is 1.24 bits per heavy atom. The summed E-state index contributed by atoms with van der Waals surface area (Å²) in [5, 5.41) is 15.0. The molecule has 1 aromatic heterocycles. The zero-order valence-electron chi connectivity index (χ0n) is 23.4. The van der Waals surface area contributed by atoms with Crippen molar-refractivity contribution < 1.29 is 38.3 Å². The van der Waals surface area contributed by atoms with Crippen LogP contribution < -0.4 is 20.1 Å². The number of hydrogen-bond donors (Lipinski definition) is 2. The van der Waals surface area contributed by atoms with E-state index >= 15 is 0 Å². The highest BCUT2D eigenvalue weighted by Gasteiger charge is 2.65. The first-order valence-electron chi connectivity index (χ1n) is 13.3. The van der Waals surface area contributed by atoms with Crippen LogP contribution in [0.4, 0.5) is 25.1 Å². The van der Waals surface area contributed by atoms with Crippen molar-refractivity contribution in [2.45, 2.75) is 61.0 Å². The molecule has 0 spiro atoms. The Balaban J connectivity index is 0.000000310. The van der Waals surface area contributed by atoms with Crippen LogP contribution in [-0.2, 0) is 20.0 Å². The smallest absolute Gasteiger partial charge is 0.310 e. The number of halogens is 5. The summed E-state index contributed by atoms with van der Waals surface area (Å²) in [4.78, 5) is 24.5. The molecule has 15 heteroatoms. The number of ether oxygens (including phenoxy) is 1. The molecule has 3 aliphatic rings. The number of nitriles is 1. The third kappa shape index (κ3) is 7.11. The summed E-state index contributed by atoms with van der Waals surface area (Å²) in [6, 6.07) is 5.49. The van der Waals surface area contributed by atoms with E-state index in [2.05, 4.69) is 10.6 Å². The number of carbonyl (C=O) groups is 2. The minimum Gasteiger partial charge on any atom is -0.379 e. The van der Waals surface area contributed by atoms with Gasteiger partial charge in [-0.2, -0.15) is 9.83 Å². The van der Waals surface area contributed by atoms with Crippen molar-refractivity contribution in [3.8, 4) is 6.19 Å². The number of methoxy groups -OCH3 is 1. The summed E-state index contributed by atoms with van der Waals surface area (Å²) in [5.74, 6) is -0.340. The molecular weight excluding hydrogens is 583 g/mol. The second kappa shape index (κ2) is 10.7. The second-order valence-electron chi connectivity index (χ2n) is 11.0. The van der Waals surface area contributed by atoms with Crippen molar-refractivity contribution in [2.24, 2.45) is 0 Å². The van der Waals surface area contributed by atoms with E-state index in [4.69, 9.17) is 10.00 Å². The summed E-state index contributed by atoms with van der Waals surface area (Å²) in [7, 11) is -6.62. The molecule has 1 saturated carbocycles. The Kier molecular flexibility index (Phi) is 7.98. The molecule has 4 atom stereocenters. The standard InChI is InChI=1S/C20H23F5N4OS.C7H10N2O2/c1-20(13-26-15-5-6-15)27-19(30)18(14-4-3-11-29(20)12-14)28(2)16-7-9-17(10-8-16)31(21,22,23,24)25;1-11-7-2-6(4-10)9(3-7)5-8/h3-4,7-12,15,18,26H,5-6,13H2,1-2H3;4,6-7H,2-3H2,1H3/p+1. The number of anilines is 1. The third-order valence-corrected chi connectivity index (χ3v) is 8.83. The maximum Gasteiger partial charge on any atom is 0.310 e. The lowest BCUT2D eigenvalue weighted by Crippen LogP contribution is -2.67. The molecule has 1 amide bonds. The summed E-state index contributed by atoms with van der Waals surface area (Å²) in [6.07, 6.45) is 9.25. The molecule has 3 heterocycles. The number of fused-ring (bicyclic) bond motifs is 2. The number of hydrogen-bond acceptors (Lipinski definition) is 7. The van der Waals surface area contributed by atoms with Crippen LogP contribution in [0.3, 0.4) is 0 Å². The number of amides is 1. The lowest BCUT2D eigenvalue weighted by atomic mass is 10.1. The first-order valence-corrected chi connectivity index (χ1v) is 15.2. The Morgan fingerprint density at radius 3 is 2.43 bits per heavy atom. The molecule has 42 heavy (non-hydrogen) atoms. The maximum absolute atomic E-state index is 13.2. The molecule has 1 aliphatic carbocycles. The first kappa shape index (κ1) is 31.5. The minimum absolute atomic E-state index is 0.0323. The molecule has 5 rings (SSSR count). The summed E-state index contributed by atoms with van der Waals surface area (Å²) in [5.41, 5.74) is 0.104. The molecule has 1 aromatic carbocycles. The highest BCUT2D eigenvalue weighted by molar-refractivity contribution is 8.45. The monoisotopic (exact) mass is 617 g/mol. The fourth-order valence-electron chi connectivity index (χ4n) is 5.01. The molecule has 2 bridgehead atoms. The van der Waals surface area contributed by atoms with Gasteiger partial charge in [0.15, 0.2) is 18.6 Å². The Hall–Kier alpha value is -3.48. The van der Waals surface area contributed by atoms with E-state index in [1.165, 1.54) is 9.80 Å². The molecule has 9 nitrogen and oxygen atoms in total. The van der Waals surface area contributed by atoms with Crippen molar-refractivity contribution in [1.29, 1.82) is 5.26 Å². The van der Waals surface area contributed by atoms with E-state index in [0.717, 1.165) is 31.3 Å². The number of carbonyl (C=O) groups excluding carboxylic acids is 2. The predicted octanol–water partition coefficient (Wildman–Crippen LogP) is 4.12. The molecule has 2 fully saturated rings. The number of pyridine rings is 1. The van der Waals surface area contributed by atoms with E-state index in [1.54, 1.807) is 26.3 Å². The number of nitrogens with zero attached hydrogens (tertiary/aromatic N) is 4. The summed E-state index contributed by atoms with van der Waals surface area (Å²) in [6.45, 7) is 2.93. The van der Waals surface area contributed by atoms with Gasteiger partial charge in [-0.1, -0.05) is 19.4 Å². The van der Waals surface area contributed by atoms with Gasteiger partial charge >= 0.3 is 10.2 Å². The van der Waals surface area contributed by atoms with E-state index in [1.807, 2.05) is 30.1 Å². The number of aromatic nitrogens is 1. The lowest BCUT2D eigenvalue weighted by molar-refractivity contribution is -0.763. The number of aldehydes is 1. The molecule has 2 N–H and O–H groups in total. The van der Waals surface area contributed by atoms with Gasteiger partial charge in [0.25, 0.3) is 11.6 Å². The van der Waals surface area contributed by atoms with Gasteiger partial charge in [0.05, 0.1) is 25.2 Å². The van der Waals surface area contributed by atoms with E-state index < -0.39 is 26.8 Å². The van der Waals surface area contributed by atoms with Gasteiger partial charge in [0.1, 0.15) is 17.2 Å². The van der Waals surface area contributed by atoms with Crippen LogP contribution in [0, 0.1) is 11.5 Å². The van der Waals surface area contributed by atoms with Gasteiger partial charge in [0.2, 0.25) is 0 Å². The highest BCUT2D eigenvalue weighted by atomic mass is 32.5. The zero-order chi connectivity index (χ0) is 31.0. The quantitative estimate of drug-likeness (QED) is 0.199. The van der Waals surface area contributed by atoms with Crippen LogP contribution >= 0.6 is 10.2 Å². The topological polar surface area (TPSA) is 102 Å². The van der Waals surface area contributed by atoms with E-state index in [0.29, 0.717) is 43.2 Å². The van der Waals surface area contributed by atoms with Crippen LogP contribution in [-0.4, -0.2) is 62.5 Å². The number of benzene rings is 1. The first-order chi connectivity index (χ1) is 19.5. The van der Waals surface area contributed by atoms with Crippen LogP contribution in [0.1, 0.15) is 37.8 Å². The van der Waals surface area contributed by atoms with Crippen molar-refractivity contribution >= 4 is 28.1 Å². The average Bonchev–Trinajstić information content (AvgIpc) is 3.68. The zero-order valence-corrected chi connectivity index (χ0v) is 24.2. The van der Waals surface area contributed by atoms with Crippen molar-refractivity contribution in [3.05, 3.63) is 54.4 Å². The van der Waals surface area contributed by atoms with Crippen LogP contribution in [0.15, 0.2) is 53.7 Å². The van der Waals surface area contributed by atoms with Gasteiger partial charge in [-0.3, -0.25) is 15.0 Å². The van der Waals surface area contributed by atoms with Gasteiger partial charge in [-0.15, -0.1) is 0 Å². The van der Waals surface area contributed by atoms with Crippen molar-refractivity contribution in [1.82, 2.24) is 15.5 Å². The van der Waals surface area contributed by atoms with Gasteiger partial charge in [-0.05, 0) is 43.2 Å². The predicted molar refractivity (Wildman–Crippen MR) is 146 cm³/mol. The normalized spacial score (nSPS) is 26.9. The number of likely N-dealkylation sites (N-methyl/N-ethyl adjacent to an activating group) is 1. The number of rotatable bonds is 8. The Bertz CT molecular complexity index is 1370. The molecular formula is C27H34F5N6O3S+. The molecule has 1 saturated heterocycles. The Morgan fingerprint density at radius 2 is 1.90 bits per heavy atom. The Labute approximate surface area is 240 Å². The minimum atomic E-state index is -9.76. The molecule has 230 valence electrons. The van der Waals surface area contributed by atoms with Crippen molar-refractivity contribution in [2.75, 3.05) is 32.1 Å². The van der Waals surface area contributed by atoms with Crippen molar-refractivity contribution in [3.63, 3.8) is 0 Å². The van der Waals surface area contributed by atoms with Gasteiger partial charge in [0, 0.05) is 50.9 Å². The number of nitrogens with one attached hydrogen (secondary N) is 2. The fourth-order valence-corrected chi connectivity index (χ4v) is 5.66. The summed E-state index contributed by atoms with van der Waals surface area (Å²) >= 11 is 0. The molecule has 2 aliphatic heterocycles. The fraction of sp³-hybridized carbons (Fsp3) is 0.481. The molecule has 2 aromatic rings. The van der Waals surface area contributed by atoms with Gasteiger partial charge < -0.3 is 19.7 Å². The highest BCUT2D eigenvalue weighted by Crippen LogP contribution is 3.02. The molecule has 0 radical (unpaired) electrons. The maximum atomic E-state index is 13.2. The van der Waals surface area contributed by atoms with Gasteiger partial charge in [-0.25, -0.2) is 0 Å². The van der Waals surface area contributed by atoms with E-state index in [-0.39, 0.29) is 23.7 Å². The van der Waals surface area contributed by atoms with Crippen LogP contribution in [0.25, 0.3) is 0 Å². The average molecular weight is 618 g/mol. The lowest BCUT2D eigenvalue weighted by Gasteiger charge is -2.40. The second-order valence-corrected chi connectivity index (χ2v) is 13.4. The molecule has 4 unspecified atom stereocenters. The third-order valence-electron chi connectivity index (χ3n) is 7.66. The largest absolute Gasteiger partial charge is 0.379 e. The summed E-state index contributed by atoms with van der Waals surface area (Å²) < 4.78 is 72.0. The van der Waals surface area contributed by atoms with Crippen LogP contribution in [0.2, 0.25) is 0 Å². The van der Waals surface area contributed by atoms with E-state index in [9.17, 15) is 29.0 Å². The SMILES string of the molecule is CN(c1ccc(S(F)(F)(F)(F)F)cc1)C1C(=O)NC(C)(CNC2CC2)[n+]2cccc1c2.COC1CC(C=O)N(C#N)C1.